The highest BCUT2D eigenvalue weighted by Gasteiger charge is 2.15. The first-order valence-corrected chi connectivity index (χ1v) is 13.1. The molecule has 0 aliphatic carbocycles. The number of nitrogens with zero attached hydrogens (tertiary/aromatic N) is 6. The van der Waals surface area contributed by atoms with E-state index in [-0.39, 0.29) is 31.1 Å². The van der Waals surface area contributed by atoms with Gasteiger partial charge in [-0.2, -0.15) is 0 Å². The van der Waals surface area contributed by atoms with Crippen molar-refractivity contribution in [2.45, 2.75) is 135 Å². The van der Waals surface area contributed by atoms with Gasteiger partial charge in [-0.15, -0.1) is 0 Å². The molecule has 3 aromatic rings. The van der Waals surface area contributed by atoms with Gasteiger partial charge in [0.2, 0.25) is 0 Å². The molecule has 3 rings (SSSR count). The Labute approximate surface area is 237 Å². The minimum absolute atomic E-state index is 0. The fraction of sp³-hybridized carbons (Fsp3) is 0.625. The molecule has 38 heavy (non-hydrogen) atoms. The molecular weight excluding hydrogens is 468 g/mol. The Balaban J connectivity index is -0.000000127. The molecule has 0 fully saturated rings. The van der Waals surface area contributed by atoms with Crippen molar-refractivity contribution < 1.29 is 0 Å². The normalized spacial score (nSPS) is 9.55. The minimum atomic E-state index is 0. The zero-order valence-corrected chi connectivity index (χ0v) is 25.9. The summed E-state index contributed by atoms with van der Waals surface area (Å²) < 4.78 is 0. The molecule has 3 aromatic heterocycles. The Morgan fingerprint density at radius 1 is 0.500 bits per heavy atom. The van der Waals surface area contributed by atoms with Gasteiger partial charge in [-0.3, -0.25) is 0 Å². The average molecular weight is 531 g/mol. The maximum atomic E-state index is 4.14. The third-order valence-electron chi connectivity index (χ3n) is 4.01. The van der Waals surface area contributed by atoms with Crippen LogP contribution in [0.2, 0.25) is 0 Å². The van der Waals surface area contributed by atoms with Gasteiger partial charge in [0.05, 0.1) is 0 Å². The molecule has 220 valence electrons. The van der Waals surface area contributed by atoms with Crippen LogP contribution in [0.5, 0.6) is 0 Å². The molecule has 0 spiro atoms. The Hall–Kier alpha value is -2.76. The largest absolute Gasteiger partial charge is 0.245 e. The van der Waals surface area contributed by atoms with E-state index in [0.29, 0.717) is 0 Å². The summed E-state index contributed by atoms with van der Waals surface area (Å²) in [5.74, 6) is 0.898. The van der Waals surface area contributed by atoms with Gasteiger partial charge < -0.3 is 0 Å². The smallest absolute Gasteiger partial charge is 0.133 e. The highest BCUT2D eigenvalue weighted by Crippen LogP contribution is 2.19. The molecule has 0 amide bonds. The quantitative estimate of drug-likeness (QED) is 0.288. The van der Waals surface area contributed by atoms with E-state index in [4.69, 9.17) is 0 Å². The van der Waals surface area contributed by atoms with Crippen molar-refractivity contribution >= 4 is 0 Å². The van der Waals surface area contributed by atoms with E-state index in [2.05, 4.69) is 92.2 Å². The molecular formula is C32H62N6. The lowest BCUT2D eigenvalue weighted by Gasteiger charge is -2.16. The molecule has 6 nitrogen and oxygen atoms in total. The third kappa shape index (κ3) is 22.4. The van der Waals surface area contributed by atoms with Crippen LogP contribution in [-0.2, 0) is 16.2 Å². The summed E-state index contributed by atoms with van der Waals surface area (Å²) in [5, 5.41) is 0. The first-order chi connectivity index (χ1) is 16.8. The van der Waals surface area contributed by atoms with Crippen molar-refractivity contribution in [1.82, 2.24) is 29.9 Å². The molecule has 0 aliphatic heterocycles. The summed E-state index contributed by atoms with van der Waals surface area (Å²) in [7, 11) is 0. The lowest BCUT2D eigenvalue weighted by molar-refractivity contribution is 0.545. The summed E-state index contributed by atoms with van der Waals surface area (Å²) in [5.41, 5.74) is 2.64. The SMILES string of the molecule is C.C.CC.CC.CC.CC(C)(C)c1ccncn1.CC(C)(C)c1cncnc1.CC(C)(C)c1ncccn1. The zero-order valence-electron chi connectivity index (χ0n) is 25.9. The molecule has 0 saturated heterocycles. The number of hydrogen-bond donors (Lipinski definition) is 0. The van der Waals surface area contributed by atoms with Crippen LogP contribution in [0.15, 0.2) is 55.8 Å². The highest BCUT2D eigenvalue weighted by atomic mass is 14.9. The first-order valence-electron chi connectivity index (χ1n) is 13.1. The van der Waals surface area contributed by atoms with Crippen molar-refractivity contribution in [2.24, 2.45) is 0 Å². The molecule has 0 radical (unpaired) electrons. The zero-order chi connectivity index (χ0) is 28.8. The van der Waals surface area contributed by atoms with Crippen LogP contribution >= 0.6 is 0 Å². The summed E-state index contributed by atoms with van der Waals surface area (Å²) in [6.07, 6.45) is 12.2. The Morgan fingerprint density at radius 3 is 1.18 bits per heavy atom. The fourth-order valence-corrected chi connectivity index (χ4v) is 2.11. The van der Waals surface area contributed by atoms with E-state index >= 15 is 0 Å². The van der Waals surface area contributed by atoms with Crippen molar-refractivity contribution in [3.8, 4) is 0 Å². The Morgan fingerprint density at radius 2 is 0.947 bits per heavy atom. The fourth-order valence-electron chi connectivity index (χ4n) is 2.11. The van der Waals surface area contributed by atoms with Gasteiger partial charge in [0.25, 0.3) is 0 Å². The van der Waals surface area contributed by atoms with E-state index in [1.165, 1.54) is 5.56 Å². The monoisotopic (exact) mass is 531 g/mol. The van der Waals surface area contributed by atoms with E-state index in [1.807, 2.05) is 66.1 Å². The molecule has 0 saturated carbocycles. The highest BCUT2D eigenvalue weighted by molar-refractivity contribution is 5.13. The maximum absolute atomic E-state index is 4.14. The van der Waals surface area contributed by atoms with Crippen LogP contribution < -0.4 is 0 Å². The topological polar surface area (TPSA) is 77.3 Å². The standard InChI is InChI=1S/3C8H12N2.3C2H6.2CH4/c1-8(2,3)7-4-9-6-10-5-7;1-8(2,3)7-4-5-9-6-10-7;1-8(2,3)7-9-5-4-6-10-7;3*1-2;;/h3*4-6H,1-3H3;3*1-2H3;2*1H4. The average Bonchev–Trinajstić information content (AvgIpc) is 2.89. The van der Waals surface area contributed by atoms with Gasteiger partial charge in [-0.25, -0.2) is 29.9 Å². The minimum Gasteiger partial charge on any atom is -0.245 e. The molecule has 0 atom stereocenters. The molecule has 0 N–H and O–H groups in total. The van der Waals surface area contributed by atoms with E-state index in [1.54, 1.807) is 31.2 Å². The van der Waals surface area contributed by atoms with Crippen molar-refractivity contribution in [3.63, 3.8) is 0 Å². The summed E-state index contributed by atoms with van der Waals surface area (Å²) in [6, 6.07) is 3.77. The van der Waals surface area contributed by atoms with Crippen molar-refractivity contribution in [3.05, 3.63) is 72.9 Å². The van der Waals surface area contributed by atoms with Crippen LogP contribution in [0.3, 0.4) is 0 Å². The number of hydrogen-bond acceptors (Lipinski definition) is 6. The lowest BCUT2D eigenvalue weighted by Crippen LogP contribution is -2.14. The Kier molecular flexibility index (Phi) is 29.2. The third-order valence-corrected chi connectivity index (χ3v) is 4.01. The molecule has 3 heterocycles. The predicted octanol–water partition coefficient (Wildman–Crippen LogP) is 9.67. The number of rotatable bonds is 0. The van der Waals surface area contributed by atoms with Gasteiger partial charge in [0.1, 0.15) is 18.5 Å². The van der Waals surface area contributed by atoms with Crippen LogP contribution in [0.25, 0.3) is 0 Å². The summed E-state index contributed by atoms with van der Waals surface area (Å²) in [4.78, 5) is 24.1. The predicted molar refractivity (Wildman–Crippen MR) is 170 cm³/mol. The van der Waals surface area contributed by atoms with Crippen molar-refractivity contribution in [2.75, 3.05) is 0 Å². The summed E-state index contributed by atoms with van der Waals surface area (Å²) in [6.45, 7) is 31.1. The second-order valence-electron chi connectivity index (χ2n) is 10.0. The van der Waals surface area contributed by atoms with Crippen LogP contribution in [0.1, 0.15) is 136 Å². The molecule has 0 aromatic carbocycles. The molecule has 6 heteroatoms. The molecule has 0 bridgehead atoms. The van der Waals surface area contributed by atoms with E-state index < -0.39 is 0 Å². The summed E-state index contributed by atoms with van der Waals surface area (Å²) >= 11 is 0. The first kappa shape index (κ1) is 45.2. The van der Waals surface area contributed by atoms with Crippen molar-refractivity contribution in [1.29, 1.82) is 0 Å². The number of aromatic nitrogens is 6. The molecule has 0 aliphatic rings. The second kappa shape index (κ2) is 24.6. The molecule has 0 unspecified atom stereocenters. The Bertz CT molecular complexity index is 715. The van der Waals surface area contributed by atoms with Gasteiger partial charge in [0.15, 0.2) is 0 Å². The maximum Gasteiger partial charge on any atom is 0.133 e. The van der Waals surface area contributed by atoms with Gasteiger partial charge in [0, 0.05) is 47.5 Å². The second-order valence-corrected chi connectivity index (χ2v) is 10.0. The van der Waals surface area contributed by atoms with Gasteiger partial charge >= 0.3 is 0 Å². The lowest BCUT2D eigenvalue weighted by atomic mass is 9.89. The van der Waals surface area contributed by atoms with Gasteiger partial charge in [-0.1, -0.05) is 119 Å². The van der Waals surface area contributed by atoms with Crippen LogP contribution in [-0.4, -0.2) is 29.9 Å². The van der Waals surface area contributed by atoms with Gasteiger partial charge in [-0.05, 0) is 23.1 Å². The van der Waals surface area contributed by atoms with E-state index in [9.17, 15) is 0 Å². The van der Waals surface area contributed by atoms with Crippen LogP contribution in [0.4, 0.5) is 0 Å². The van der Waals surface area contributed by atoms with Crippen LogP contribution in [0, 0.1) is 0 Å². The van der Waals surface area contributed by atoms with E-state index in [0.717, 1.165) is 11.5 Å².